The van der Waals surface area contributed by atoms with Gasteiger partial charge in [0, 0.05) is 6.54 Å². The number of aromatic nitrogens is 4. The molecular weight excluding hydrogens is 284 g/mol. The quantitative estimate of drug-likeness (QED) is 0.916. The molecule has 0 amide bonds. The molecule has 0 spiro atoms. The van der Waals surface area contributed by atoms with Crippen LogP contribution in [0.1, 0.15) is 37.4 Å². The summed E-state index contributed by atoms with van der Waals surface area (Å²) >= 11 is 1.46. The maximum Gasteiger partial charge on any atom is 0.211 e. The van der Waals surface area contributed by atoms with Gasteiger partial charge in [0.05, 0.1) is 24.1 Å². The van der Waals surface area contributed by atoms with Crippen LogP contribution in [0.15, 0.2) is 17.9 Å². The second-order valence-corrected chi connectivity index (χ2v) is 6.63. The van der Waals surface area contributed by atoms with Crippen molar-refractivity contribution in [1.82, 2.24) is 25.1 Å². The minimum absolute atomic E-state index is 0.425. The van der Waals surface area contributed by atoms with Crippen LogP contribution in [0, 0.1) is 5.92 Å². The summed E-state index contributed by atoms with van der Waals surface area (Å²) in [5, 5.41) is 11.7. The smallest absolute Gasteiger partial charge is 0.211 e. The summed E-state index contributed by atoms with van der Waals surface area (Å²) in [4.78, 5) is 11.7. The Morgan fingerprint density at radius 3 is 3.05 bits per heavy atom. The first kappa shape index (κ1) is 13.1. The van der Waals surface area contributed by atoms with E-state index in [1.807, 2.05) is 6.20 Å². The molecule has 2 aromatic heterocycles. The molecule has 1 aliphatic carbocycles. The van der Waals surface area contributed by atoms with Crippen LogP contribution in [0.3, 0.4) is 0 Å². The van der Waals surface area contributed by atoms with Crippen LogP contribution in [0.5, 0.6) is 0 Å². The summed E-state index contributed by atoms with van der Waals surface area (Å²) in [5.74, 6) is 1.67. The third-order valence-corrected chi connectivity index (χ3v) is 4.75. The standard InChI is InChI=1S/C14H18N6S/c1-2-12(20(5-1)8-10-3-4-10)11-6-15-7-13(17-11)18-14-19-16-9-21-14/h6-7,9-10,12H,1-5,8H2,(H,17,18,19)/t12-/m1/s1. The van der Waals surface area contributed by atoms with Crippen molar-refractivity contribution in [1.29, 1.82) is 0 Å². The predicted octanol–water partition coefficient (Wildman–Crippen LogP) is 2.62. The number of rotatable bonds is 5. The molecule has 0 radical (unpaired) electrons. The molecule has 1 aliphatic heterocycles. The highest BCUT2D eigenvalue weighted by Crippen LogP contribution is 2.37. The first-order valence-electron chi connectivity index (χ1n) is 7.47. The normalized spacial score (nSPS) is 22.6. The van der Waals surface area contributed by atoms with Gasteiger partial charge in [0.1, 0.15) is 5.51 Å². The SMILES string of the molecule is c1nnc(Nc2cncc([C@H]3CCCN3CC3CC3)n2)s1. The Morgan fingerprint density at radius 1 is 1.29 bits per heavy atom. The molecule has 1 atom stereocenters. The fraction of sp³-hybridized carbons (Fsp3) is 0.571. The zero-order valence-electron chi connectivity index (χ0n) is 11.8. The second kappa shape index (κ2) is 5.65. The van der Waals surface area contributed by atoms with Gasteiger partial charge in [0.2, 0.25) is 5.13 Å². The minimum Gasteiger partial charge on any atom is -0.313 e. The van der Waals surface area contributed by atoms with Crippen LogP contribution in [0.4, 0.5) is 10.9 Å². The number of nitrogens with one attached hydrogen (secondary N) is 1. The van der Waals surface area contributed by atoms with Crippen molar-refractivity contribution >= 4 is 22.3 Å². The maximum absolute atomic E-state index is 4.73. The van der Waals surface area contributed by atoms with Crippen molar-refractivity contribution in [2.24, 2.45) is 5.92 Å². The average Bonchev–Trinajstić information content (AvgIpc) is 2.98. The minimum atomic E-state index is 0.425. The van der Waals surface area contributed by atoms with Gasteiger partial charge >= 0.3 is 0 Å². The van der Waals surface area contributed by atoms with Crippen LogP contribution in [0.25, 0.3) is 0 Å². The molecule has 2 aromatic rings. The van der Waals surface area contributed by atoms with E-state index in [4.69, 9.17) is 4.98 Å². The highest BCUT2D eigenvalue weighted by molar-refractivity contribution is 7.13. The molecule has 7 heteroatoms. The third kappa shape index (κ3) is 3.03. The van der Waals surface area contributed by atoms with Crippen LogP contribution in [-0.2, 0) is 0 Å². The Morgan fingerprint density at radius 2 is 2.24 bits per heavy atom. The molecule has 0 aromatic carbocycles. The van der Waals surface area contributed by atoms with Gasteiger partial charge in [0.15, 0.2) is 5.82 Å². The number of nitrogens with zero attached hydrogens (tertiary/aromatic N) is 5. The average molecular weight is 302 g/mol. The van der Waals surface area contributed by atoms with Gasteiger partial charge in [-0.05, 0) is 38.1 Å². The van der Waals surface area contributed by atoms with Crippen molar-refractivity contribution in [2.45, 2.75) is 31.7 Å². The first-order valence-corrected chi connectivity index (χ1v) is 8.35. The predicted molar refractivity (Wildman–Crippen MR) is 81.5 cm³/mol. The Balaban J connectivity index is 1.51. The van der Waals surface area contributed by atoms with E-state index in [1.165, 1.54) is 50.1 Å². The van der Waals surface area contributed by atoms with Gasteiger partial charge in [-0.2, -0.15) is 0 Å². The lowest BCUT2D eigenvalue weighted by Gasteiger charge is -2.23. The Labute approximate surface area is 127 Å². The zero-order valence-corrected chi connectivity index (χ0v) is 12.6. The number of hydrogen-bond acceptors (Lipinski definition) is 7. The first-order chi connectivity index (χ1) is 10.4. The maximum atomic E-state index is 4.73. The summed E-state index contributed by atoms with van der Waals surface area (Å²) in [6.07, 6.45) is 8.88. The molecular formula is C14H18N6S. The van der Waals surface area contributed by atoms with E-state index in [2.05, 4.69) is 25.4 Å². The van der Waals surface area contributed by atoms with E-state index >= 15 is 0 Å². The van der Waals surface area contributed by atoms with E-state index in [0.717, 1.165) is 22.6 Å². The highest BCUT2D eigenvalue weighted by atomic mass is 32.1. The molecule has 2 fully saturated rings. The molecule has 1 saturated carbocycles. The van der Waals surface area contributed by atoms with Gasteiger partial charge < -0.3 is 5.32 Å². The van der Waals surface area contributed by atoms with Crippen molar-refractivity contribution < 1.29 is 0 Å². The topological polar surface area (TPSA) is 66.8 Å². The number of likely N-dealkylation sites (tertiary alicyclic amines) is 1. The van der Waals surface area contributed by atoms with E-state index in [-0.39, 0.29) is 0 Å². The molecule has 21 heavy (non-hydrogen) atoms. The van der Waals surface area contributed by atoms with Crippen molar-refractivity contribution in [2.75, 3.05) is 18.4 Å². The van der Waals surface area contributed by atoms with Gasteiger partial charge in [0.25, 0.3) is 0 Å². The van der Waals surface area contributed by atoms with E-state index in [9.17, 15) is 0 Å². The molecule has 1 N–H and O–H groups in total. The van der Waals surface area contributed by atoms with E-state index in [0.29, 0.717) is 6.04 Å². The van der Waals surface area contributed by atoms with Gasteiger partial charge in [-0.25, -0.2) is 4.98 Å². The van der Waals surface area contributed by atoms with Gasteiger partial charge in [-0.3, -0.25) is 9.88 Å². The summed E-state index contributed by atoms with van der Waals surface area (Å²) in [6, 6.07) is 0.425. The third-order valence-electron chi connectivity index (χ3n) is 4.14. The molecule has 0 unspecified atom stereocenters. The lowest BCUT2D eigenvalue weighted by molar-refractivity contribution is 0.242. The fourth-order valence-electron chi connectivity index (χ4n) is 2.95. The summed E-state index contributed by atoms with van der Waals surface area (Å²) in [6.45, 7) is 2.41. The molecule has 2 aliphatic rings. The number of anilines is 2. The zero-order chi connectivity index (χ0) is 14.1. The highest BCUT2D eigenvalue weighted by Gasteiger charge is 2.32. The Hall–Kier alpha value is -1.60. The van der Waals surface area contributed by atoms with E-state index in [1.54, 1.807) is 11.7 Å². The largest absolute Gasteiger partial charge is 0.313 e. The second-order valence-electron chi connectivity index (χ2n) is 5.79. The molecule has 3 heterocycles. The molecule has 4 rings (SSSR count). The van der Waals surface area contributed by atoms with Crippen LogP contribution < -0.4 is 5.32 Å². The molecule has 110 valence electrons. The van der Waals surface area contributed by atoms with Crippen molar-refractivity contribution in [3.8, 4) is 0 Å². The van der Waals surface area contributed by atoms with Crippen LogP contribution >= 0.6 is 11.3 Å². The fourth-order valence-corrected chi connectivity index (χ4v) is 3.40. The Bertz CT molecular complexity index is 597. The molecule has 0 bridgehead atoms. The monoisotopic (exact) mass is 302 g/mol. The summed E-state index contributed by atoms with van der Waals surface area (Å²) in [5.41, 5.74) is 2.77. The van der Waals surface area contributed by atoms with Crippen LogP contribution in [-0.4, -0.2) is 38.2 Å². The number of hydrogen-bond donors (Lipinski definition) is 1. The Kier molecular flexibility index (Phi) is 3.52. The van der Waals surface area contributed by atoms with Crippen molar-refractivity contribution in [3.63, 3.8) is 0 Å². The molecule has 1 saturated heterocycles. The van der Waals surface area contributed by atoms with Crippen molar-refractivity contribution in [3.05, 3.63) is 23.6 Å². The lowest BCUT2D eigenvalue weighted by atomic mass is 10.1. The lowest BCUT2D eigenvalue weighted by Crippen LogP contribution is -2.26. The van der Waals surface area contributed by atoms with Gasteiger partial charge in [-0.1, -0.05) is 11.3 Å². The van der Waals surface area contributed by atoms with Gasteiger partial charge in [-0.15, -0.1) is 10.2 Å². The molecule has 6 nitrogen and oxygen atoms in total. The summed E-state index contributed by atoms with van der Waals surface area (Å²) in [7, 11) is 0. The van der Waals surface area contributed by atoms with Crippen LogP contribution in [0.2, 0.25) is 0 Å². The van der Waals surface area contributed by atoms with E-state index < -0.39 is 0 Å². The summed E-state index contributed by atoms with van der Waals surface area (Å²) < 4.78 is 0.